The van der Waals surface area contributed by atoms with E-state index in [0.717, 1.165) is 11.1 Å². The van der Waals surface area contributed by atoms with Crippen molar-refractivity contribution in [3.05, 3.63) is 83.5 Å². The minimum atomic E-state index is -2.40. The first-order chi connectivity index (χ1) is 38.0. The summed E-state index contributed by atoms with van der Waals surface area (Å²) in [7, 11) is 4.55. The molecule has 1 aliphatic carbocycles. The Labute approximate surface area is 474 Å². The van der Waals surface area contributed by atoms with Gasteiger partial charge in [-0.15, -0.1) is 0 Å². The number of hydrogen-bond acceptors (Lipinski definition) is 16. The van der Waals surface area contributed by atoms with Crippen LogP contribution in [0.4, 0.5) is 0 Å². The first-order valence-corrected chi connectivity index (χ1v) is 29.0. The third-order valence-corrected chi connectivity index (χ3v) is 17.4. The molecule has 2 N–H and O–H groups in total. The Hall–Kier alpha value is -4.72. The van der Waals surface area contributed by atoms with Crippen LogP contribution in [0.15, 0.2) is 77.9 Å². The SMILES string of the molecule is CO[C@H]1C[C@@H]2CC[C@@H](C)[C@@](O)(O2)C(=O)C(=O)N2CCCC(C2)C(=O)O[C@H]([C@H](C)C[C@@H]2CC[C@@H](OC(=O)C3(C)COC(c4ccccc4)OC3)[C@H](OC)C2)CC(=O)/C(C)=C/C(C)[C@@H](O)[C@@H](OC)C(=O)[C@H](C)C[C@H](C)C=CC=CC=C1C. The molecule has 80 heavy (non-hydrogen) atoms. The lowest BCUT2D eigenvalue weighted by Gasteiger charge is -2.42. The van der Waals surface area contributed by atoms with Gasteiger partial charge in [-0.25, -0.2) is 0 Å². The summed E-state index contributed by atoms with van der Waals surface area (Å²) in [6.07, 6.45) is 9.75. The third kappa shape index (κ3) is 16.5. The Morgan fingerprint density at radius 1 is 0.850 bits per heavy atom. The number of ketones is 3. The molecule has 5 aliphatic rings. The van der Waals surface area contributed by atoms with Crippen molar-refractivity contribution < 1.29 is 76.9 Å². The van der Waals surface area contributed by atoms with Crippen molar-refractivity contribution in [1.29, 1.82) is 0 Å². The molecule has 1 saturated carbocycles. The van der Waals surface area contributed by atoms with E-state index in [9.17, 15) is 39.0 Å². The number of aliphatic hydroxyl groups excluding tert-OH is 1. The predicted molar refractivity (Wildman–Crippen MR) is 298 cm³/mol. The first kappa shape index (κ1) is 64.4. The van der Waals surface area contributed by atoms with Gasteiger partial charge in [0, 0.05) is 70.6 Å². The fraction of sp³-hybridized carbons (Fsp3) is 0.683. The average Bonchev–Trinajstić information content (AvgIpc) is 3.48. The molecule has 0 aromatic heterocycles. The number of carbonyl (C=O) groups is 6. The molecule has 0 spiro atoms. The van der Waals surface area contributed by atoms with Gasteiger partial charge in [-0.3, -0.25) is 28.8 Å². The van der Waals surface area contributed by atoms with E-state index in [4.69, 9.17) is 37.9 Å². The molecule has 17 nitrogen and oxygen atoms in total. The molecule has 444 valence electrons. The number of rotatable bonds is 9. The van der Waals surface area contributed by atoms with Crippen molar-refractivity contribution in [2.24, 2.45) is 46.8 Å². The highest BCUT2D eigenvalue weighted by Crippen LogP contribution is 2.40. The van der Waals surface area contributed by atoms with E-state index in [1.54, 1.807) is 48.0 Å². The minimum absolute atomic E-state index is 0.0000877. The van der Waals surface area contributed by atoms with Crippen LogP contribution in [0.25, 0.3) is 0 Å². The zero-order valence-corrected chi connectivity index (χ0v) is 49.2. The number of esters is 2. The summed E-state index contributed by atoms with van der Waals surface area (Å²) >= 11 is 0. The number of ether oxygens (including phenoxy) is 8. The number of allylic oxidation sites excluding steroid dienone is 6. The maximum atomic E-state index is 14.4. The molecule has 2 unspecified atom stereocenters. The Balaban J connectivity index is 1.21. The number of amides is 1. The molecule has 4 bridgehead atoms. The van der Waals surface area contributed by atoms with Gasteiger partial charge in [0.15, 0.2) is 17.9 Å². The van der Waals surface area contributed by atoms with Gasteiger partial charge < -0.3 is 53.0 Å². The van der Waals surface area contributed by atoms with Crippen LogP contribution in [0.2, 0.25) is 0 Å². The Morgan fingerprint density at radius 3 is 2.24 bits per heavy atom. The number of fused-ring (bicyclic) bond motifs is 4. The lowest BCUT2D eigenvalue weighted by atomic mass is 9.78. The maximum Gasteiger partial charge on any atom is 0.316 e. The van der Waals surface area contributed by atoms with Crippen molar-refractivity contribution >= 4 is 35.2 Å². The monoisotopic (exact) mass is 1120 g/mol. The molecular weight excluding hydrogens is 1030 g/mol. The van der Waals surface area contributed by atoms with Gasteiger partial charge in [0.25, 0.3) is 11.7 Å². The summed E-state index contributed by atoms with van der Waals surface area (Å²) in [4.78, 5) is 85.9. The normalized spacial score (nSPS) is 37.4. The van der Waals surface area contributed by atoms with Crippen LogP contribution in [0.3, 0.4) is 0 Å². The van der Waals surface area contributed by atoms with Gasteiger partial charge in [0.05, 0.1) is 43.5 Å². The van der Waals surface area contributed by atoms with E-state index in [1.807, 2.05) is 88.4 Å². The van der Waals surface area contributed by atoms with Crippen LogP contribution >= 0.6 is 0 Å². The van der Waals surface area contributed by atoms with Gasteiger partial charge >= 0.3 is 11.9 Å². The lowest BCUT2D eigenvalue weighted by molar-refractivity contribution is -0.265. The number of aliphatic hydroxyl groups is 2. The van der Waals surface area contributed by atoms with Gasteiger partial charge in [-0.05, 0) is 107 Å². The largest absolute Gasteiger partial charge is 0.461 e. The molecule has 6 rings (SSSR count). The second-order valence-electron chi connectivity index (χ2n) is 24.0. The smallest absolute Gasteiger partial charge is 0.316 e. The number of piperidine rings is 1. The van der Waals surface area contributed by atoms with Gasteiger partial charge in [0.2, 0.25) is 5.79 Å². The van der Waals surface area contributed by atoms with Crippen molar-refractivity contribution in [3.63, 3.8) is 0 Å². The average molecular weight is 1120 g/mol. The van der Waals surface area contributed by atoms with Crippen molar-refractivity contribution in [3.8, 4) is 0 Å². The summed E-state index contributed by atoms with van der Waals surface area (Å²) in [6, 6.07) is 9.52. The number of benzene rings is 1. The van der Waals surface area contributed by atoms with Crippen molar-refractivity contribution in [2.75, 3.05) is 47.6 Å². The summed E-state index contributed by atoms with van der Waals surface area (Å²) in [5, 5.41) is 23.5. The van der Waals surface area contributed by atoms with Crippen LogP contribution in [-0.4, -0.2) is 146 Å². The van der Waals surface area contributed by atoms with Gasteiger partial charge in [-0.1, -0.05) is 101 Å². The molecule has 4 fully saturated rings. The topological polar surface area (TPSA) is 220 Å². The Morgan fingerprint density at radius 2 is 1.56 bits per heavy atom. The molecule has 1 amide bonds. The van der Waals surface area contributed by atoms with E-state index in [0.29, 0.717) is 69.8 Å². The van der Waals surface area contributed by atoms with Crippen molar-refractivity contribution in [1.82, 2.24) is 4.90 Å². The molecule has 1 aromatic rings. The highest BCUT2D eigenvalue weighted by Gasteiger charge is 2.52. The predicted octanol–water partition coefficient (Wildman–Crippen LogP) is 8.34. The van der Waals surface area contributed by atoms with Crippen molar-refractivity contribution in [2.45, 2.75) is 181 Å². The molecule has 1 aromatic carbocycles. The number of methoxy groups -OCH3 is 3. The van der Waals surface area contributed by atoms with Crippen LogP contribution in [0.5, 0.6) is 0 Å². The van der Waals surface area contributed by atoms with Gasteiger partial charge in [-0.2, -0.15) is 0 Å². The Kier molecular flexibility index (Phi) is 23.8. The molecule has 15 atom stereocenters. The summed E-state index contributed by atoms with van der Waals surface area (Å²) in [5.74, 6) is -9.11. The van der Waals surface area contributed by atoms with Crippen LogP contribution in [0, 0.1) is 46.8 Å². The number of carbonyl (C=O) groups excluding carboxylic acids is 6. The Bertz CT molecular complexity index is 2390. The first-order valence-electron chi connectivity index (χ1n) is 29.0. The van der Waals surface area contributed by atoms with Gasteiger partial charge in [0.1, 0.15) is 23.7 Å². The second-order valence-corrected chi connectivity index (χ2v) is 24.0. The number of hydrogen-bond donors (Lipinski definition) is 2. The zero-order chi connectivity index (χ0) is 58.5. The highest BCUT2D eigenvalue weighted by atomic mass is 16.7. The van der Waals surface area contributed by atoms with Crippen LogP contribution in [-0.2, 0) is 66.7 Å². The second kappa shape index (κ2) is 29.5. The van der Waals surface area contributed by atoms with E-state index in [1.165, 1.54) is 12.0 Å². The molecule has 17 heteroatoms. The lowest BCUT2D eigenvalue weighted by Crippen LogP contribution is -2.59. The number of Topliss-reactive ketones (excluding diaryl/α,β-unsaturated/α-hetero) is 3. The van der Waals surface area contributed by atoms with E-state index in [-0.39, 0.29) is 62.0 Å². The zero-order valence-electron chi connectivity index (χ0n) is 49.2. The quantitative estimate of drug-likeness (QED) is 0.175. The van der Waals surface area contributed by atoms with Crippen LogP contribution in [0.1, 0.15) is 138 Å². The van der Waals surface area contributed by atoms with Crippen LogP contribution < -0.4 is 0 Å². The molecular formula is C63H91NO16. The molecule has 4 aliphatic heterocycles. The fourth-order valence-electron chi connectivity index (χ4n) is 12.0. The summed E-state index contributed by atoms with van der Waals surface area (Å²) in [6.45, 7) is 14.7. The molecule has 3 saturated heterocycles. The highest BCUT2D eigenvalue weighted by molar-refractivity contribution is 6.38. The van der Waals surface area contributed by atoms with E-state index in [2.05, 4.69) is 0 Å². The number of nitrogens with zero attached hydrogens (tertiary/aromatic N) is 1. The summed E-state index contributed by atoms with van der Waals surface area (Å²) < 4.78 is 48.1. The maximum absolute atomic E-state index is 14.4. The van der Waals surface area contributed by atoms with E-state index < -0.39 is 108 Å². The number of cyclic esters (lactones) is 1. The minimum Gasteiger partial charge on any atom is -0.461 e. The fourth-order valence-corrected chi connectivity index (χ4v) is 12.0. The molecule has 0 radical (unpaired) electrons. The molecule has 4 heterocycles. The summed E-state index contributed by atoms with van der Waals surface area (Å²) in [5.41, 5.74) is 1.02. The third-order valence-electron chi connectivity index (χ3n) is 17.4. The standard InChI is InChI=1S/C63H91NO16/c1-38-19-14-12-15-20-39(2)51(73-9)33-48-26-24-44(7)63(72,80-48)57(68)58(69)64-28-18-23-47(35-64)59(70)78-52(34-49(65)40(3)30-43(6)55(67)56(75-11)54(66)42(5)29-38)41(4)31-45-25-27-50(53(32-45)74-10)79-61(71)62(8)36-76-60(77-37-62)46-21-16-13-17-22-46/h12-17,19-22,30,38,41-45,47-48,50-53,55-56,60,67,72H,18,23-29,31-37H2,1-11H3/b15-12?,19-14?,39-20?,40-30+/t38-,41-,42-,43?,44-,45+,47?,48+,50-,51+,52+,53-,55-,56+,60?,62?,63-/m1/s1. The van der Waals surface area contributed by atoms with E-state index >= 15 is 0 Å².